The number of benzene rings is 1. The Kier molecular flexibility index (Phi) is 6.56. The SMILES string of the molecule is CCCCS(=O)(=O)NC(=O)c1ccc2cc(C)c(Cc3ccc(Cl)cc3Cl)n2c1. The molecule has 0 aliphatic carbocycles. The molecule has 5 nitrogen and oxygen atoms in total. The highest BCUT2D eigenvalue weighted by Gasteiger charge is 2.17. The third-order valence-electron chi connectivity index (χ3n) is 4.74. The normalized spacial score (nSPS) is 11.7. The fourth-order valence-corrected chi connectivity index (χ4v) is 4.79. The summed E-state index contributed by atoms with van der Waals surface area (Å²) in [6.07, 6.45) is 3.45. The van der Waals surface area contributed by atoms with Crippen LogP contribution in [0, 0.1) is 6.92 Å². The molecule has 1 N–H and O–H groups in total. The van der Waals surface area contributed by atoms with Crippen LogP contribution in [0.15, 0.2) is 42.6 Å². The summed E-state index contributed by atoms with van der Waals surface area (Å²) in [6.45, 7) is 3.88. The van der Waals surface area contributed by atoms with Crippen molar-refractivity contribution in [2.24, 2.45) is 0 Å². The molecule has 0 radical (unpaired) electrons. The van der Waals surface area contributed by atoms with E-state index in [2.05, 4.69) is 4.72 Å². The molecule has 0 saturated heterocycles. The van der Waals surface area contributed by atoms with Crippen LogP contribution < -0.4 is 4.72 Å². The molecule has 1 amide bonds. The van der Waals surface area contributed by atoms with Gasteiger partial charge in [0.25, 0.3) is 5.91 Å². The first kappa shape index (κ1) is 21.7. The van der Waals surface area contributed by atoms with E-state index in [0.29, 0.717) is 22.9 Å². The Hall–Kier alpha value is -2.02. The number of carbonyl (C=O) groups is 1. The molecule has 2 aromatic heterocycles. The third-order valence-corrected chi connectivity index (χ3v) is 6.65. The highest BCUT2D eigenvalue weighted by Crippen LogP contribution is 2.26. The Morgan fingerprint density at radius 2 is 1.90 bits per heavy atom. The van der Waals surface area contributed by atoms with Crippen LogP contribution in [-0.2, 0) is 16.4 Å². The highest BCUT2D eigenvalue weighted by molar-refractivity contribution is 7.90. The Morgan fingerprint density at radius 3 is 2.59 bits per heavy atom. The minimum Gasteiger partial charge on any atom is -0.319 e. The molecule has 0 unspecified atom stereocenters. The van der Waals surface area contributed by atoms with E-state index < -0.39 is 15.9 Å². The molecule has 8 heteroatoms. The summed E-state index contributed by atoms with van der Waals surface area (Å²) < 4.78 is 28.1. The average molecular weight is 453 g/mol. The maximum absolute atomic E-state index is 12.5. The van der Waals surface area contributed by atoms with E-state index in [0.717, 1.165) is 28.8 Å². The van der Waals surface area contributed by atoms with Gasteiger partial charge in [0, 0.05) is 33.9 Å². The third kappa shape index (κ3) is 5.13. The molecule has 0 fully saturated rings. The average Bonchev–Trinajstić information content (AvgIpc) is 2.96. The first-order valence-corrected chi connectivity index (χ1v) is 11.7. The fraction of sp³-hybridized carbons (Fsp3) is 0.286. The summed E-state index contributed by atoms with van der Waals surface area (Å²) >= 11 is 12.3. The van der Waals surface area contributed by atoms with Gasteiger partial charge in [-0.15, -0.1) is 0 Å². The van der Waals surface area contributed by atoms with Gasteiger partial charge in [0.1, 0.15) is 0 Å². The van der Waals surface area contributed by atoms with Gasteiger partial charge in [-0.05, 0) is 54.8 Å². The molecule has 0 saturated carbocycles. The van der Waals surface area contributed by atoms with Gasteiger partial charge in [-0.2, -0.15) is 0 Å². The molecular weight excluding hydrogens is 431 g/mol. The molecule has 29 heavy (non-hydrogen) atoms. The largest absolute Gasteiger partial charge is 0.319 e. The van der Waals surface area contributed by atoms with Crippen LogP contribution >= 0.6 is 23.2 Å². The summed E-state index contributed by atoms with van der Waals surface area (Å²) in [5, 5.41) is 1.14. The Bertz CT molecular complexity index is 1170. The van der Waals surface area contributed by atoms with Crippen LogP contribution in [0.5, 0.6) is 0 Å². The number of halogens is 2. The molecular formula is C21H22Cl2N2O3S. The molecule has 0 aliphatic heterocycles. The van der Waals surface area contributed by atoms with Crippen molar-refractivity contribution in [1.29, 1.82) is 0 Å². The molecule has 0 aliphatic rings. The van der Waals surface area contributed by atoms with Crippen LogP contribution in [0.1, 0.15) is 46.9 Å². The number of rotatable bonds is 7. The Balaban J connectivity index is 1.93. The number of nitrogens with zero attached hydrogens (tertiary/aromatic N) is 1. The van der Waals surface area contributed by atoms with E-state index in [-0.39, 0.29) is 11.3 Å². The lowest BCUT2D eigenvalue weighted by Gasteiger charge is -2.10. The van der Waals surface area contributed by atoms with Crippen molar-refractivity contribution < 1.29 is 13.2 Å². The molecule has 0 bridgehead atoms. The van der Waals surface area contributed by atoms with E-state index in [1.165, 1.54) is 0 Å². The van der Waals surface area contributed by atoms with Crippen LogP contribution in [-0.4, -0.2) is 24.5 Å². The number of aromatic nitrogens is 1. The molecule has 1 aromatic carbocycles. The lowest BCUT2D eigenvalue weighted by Crippen LogP contribution is -2.32. The van der Waals surface area contributed by atoms with Gasteiger partial charge in [-0.1, -0.05) is 42.6 Å². The zero-order valence-corrected chi connectivity index (χ0v) is 18.5. The quantitative estimate of drug-likeness (QED) is 0.547. The maximum atomic E-state index is 12.5. The van der Waals surface area contributed by atoms with Crippen molar-refractivity contribution in [3.05, 3.63) is 75.0 Å². The van der Waals surface area contributed by atoms with Crippen molar-refractivity contribution in [3.8, 4) is 0 Å². The van der Waals surface area contributed by atoms with E-state index in [1.54, 1.807) is 30.5 Å². The fourth-order valence-electron chi connectivity index (χ4n) is 3.15. The van der Waals surface area contributed by atoms with Crippen LogP contribution in [0.3, 0.4) is 0 Å². The second kappa shape index (κ2) is 8.78. The summed E-state index contributed by atoms with van der Waals surface area (Å²) in [7, 11) is -3.65. The number of sulfonamides is 1. The number of hydrogen-bond donors (Lipinski definition) is 1. The predicted octanol–water partition coefficient (Wildman–Crippen LogP) is 5.01. The van der Waals surface area contributed by atoms with Gasteiger partial charge in [-0.25, -0.2) is 13.1 Å². The topological polar surface area (TPSA) is 67.7 Å². The van der Waals surface area contributed by atoms with Gasteiger partial charge >= 0.3 is 0 Å². The van der Waals surface area contributed by atoms with E-state index in [9.17, 15) is 13.2 Å². The molecule has 3 rings (SSSR count). The lowest BCUT2D eigenvalue weighted by atomic mass is 10.1. The smallest absolute Gasteiger partial charge is 0.266 e. The number of carbonyl (C=O) groups excluding carboxylic acids is 1. The van der Waals surface area contributed by atoms with Crippen LogP contribution in [0.2, 0.25) is 10.0 Å². The first-order valence-electron chi connectivity index (χ1n) is 9.29. The van der Waals surface area contributed by atoms with E-state index in [4.69, 9.17) is 23.2 Å². The van der Waals surface area contributed by atoms with Crippen LogP contribution in [0.4, 0.5) is 0 Å². The number of hydrogen-bond acceptors (Lipinski definition) is 3. The molecule has 3 aromatic rings. The first-order chi connectivity index (χ1) is 13.7. The lowest BCUT2D eigenvalue weighted by molar-refractivity contribution is 0.0981. The van der Waals surface area contributed by atoms with E-state index >= 15 is 0 Å². The summed E-state index contributed by atoms with van der Waals surface area (Å²) in [4.78, 5) is 12.5. The second-order valence-electron chi connectivity index (χ2n) is 7.00. The van der Waals surface area contributed by atoms with Crippen molar-refractivity contribution in [1.82, 2.24) is 9.12 Å². The minimum atomic E-state index is -3.65. The predicted molar refractivity (Wildman–Crippen MR) is 118 cm³/mol. The zero-order chi connectivity index (χ0) is 21.2. The summed E-state index contributed by atoms with van der Waals surface area (Å²) in [5.74, 6) is -0.703. The molecule has 0 atom stereocenters. The summed E-state index contributed by atoms with van der Waals surface area (Å²) in [6, 6.07) is 10.8. The van der Waals surface area contributed by atoms with Crippen molar-refractivity contribution >= 4 is 44.6 Å². The second-order valence-corrected chi connectivity index (χ2v) is 9.69. The number of fused-ring (bicyclic) bond motifs is 1. The number of amides is 1. The van der Waals surface area contributed by atoms with Gasteiger partial charge in [-0.3, -0.25) is 4.79 Å². The minimum absolute atomic E-state index is 0.0690. The zero-order valence-electron chi connectivity index (χ0n) is 16.2. The standard InChI is InChI=1S/C21H22Cl2N2O3S/c1-3-4-9-29(27,28)24-21(26)16-6-8-18-10-14(2)20(25(18)13-16)11-15-5-7-17(22)12-19(15)23/h5-8,10,12-13H,3-4,9,11H2,1-2H3,(H,24,26). The van der Waals surface area contributed by atoms with Gasteiger partial charge in [0.15, 0.2) is 0 Å². The van der Waals surface area contributed by atoms with Gasteiger partial charge in [0.05, 0.1) is 11.3 Å². The number of unbranched alkanes of at least 4 members (excludes halogenated alkanes) is 1. The molecule has 154 valence electrons. The van der Waals surface area contributed by atoms with Crippen LogP contribution in [0.25, 0.3) is 5.52 Å². The van der Waals surface area contributed by atoms with Crippen molar-refractivity contribution in [3.63, 3.8) is 0 Å². The Morgan fingerprint density at radius 1 is 1.14 bits per heavy atom. The summed E-state index contributed by atoms with van der Waals surface area (Å²) in [5.41, 5.74) is 4.11. The number of aryl methyl sites for hydroxylation is 1. The number of nitrogens with one attached hydrogen (secondary N) is 1. The number of pyridine rings is 1. The van der Waals surface area contributed by atoms with Crippen molar-refractivity contribution in [2.75, 3.05) is 5.75 Å². The molecule has 0 spiro atoms. The maximum Gasteiger partial charge on any atom is 0.266 e. The highest BCUT2D eigenvalue weighted by atomic mass is 35.5. The van der Waals surface area contributed by atoms with Gasteiger partial charge < -0.3 is 4.40 Å². The Labute approximate surface area is 180 Å². The van der Waals surface area contributed by atoms with E-state index in [1.807, 2.05) is 30.4 Å². The van der Waals surface area contributed by atoms with Gasteiger partial charge in [0.2, 0.25) is 10.0 Å². The monoisotopic (exact) mass is 452 g/mol. The van der Waals surface area contributed by atoms with Crippen molar-refractivity contribution in [2.45, 2.75) is 33.1 Å². The molecule has 2 heterocycles.